The summed E-state index contributed by atoms with van der Waals surface area (Å²) in [7, 11) is 6.95. The van der Waals surface area contributed by atoms with Gasteiger partial charge in [-0.25, -0.2) is 0 Å². The fourth-order valence-corrected chi connectivity index (χ4v) is 7.72. The van der Waals surface area contributed by atoms with Gasteiger partial charge in [0, 0.05) is 49.0 Å². The van der Waals surface area contributed by atoms with Crippen molar-refractivity contribution in [2.24, 2.45) is 0 Å². The fraction of sp³-hybridized carbons (Fsp3) is 0.404. The van der Waals surface area contributed by atoms with Crippen molar-refractivity contribution in [1.82, 2.24) is 10.2 Å². The molecule has 2 aliphatic heterocycles. The number of rotatable bonds is 17. The van der Waals surface area contributed by atoms with E-state index in [1.165, 1.54) is 46.4 Å². The minimum atomic E-state index is 0.0941. The van der Waals surface area contributed by atoms with Crippen molar-refractivity contribution in [1.29, 1.82) is 0 Å². The molecule has 0 radical (unpaired) electrons. The Morgan fingerprint density at radius 1 is 0.870 bits per heavy atom. The molecule has 1 N–H and O–H groups in total. The molecule has 1 aliphatic carbocycles. The Labute approximate surface area is 323 Å². The molecule has 2 heterocycles. The molecule has 7 nitrogen and oxygen atoms in total. The van der Waals surface area contributed by atoms with Gasteiger partial charge in [0.05, 0.1) is 34.5 Å². The van der Waals surface area contributed by atoms with Crippen LogP contribution in [0.15, 0.2) is 114 Å². The molecular weight excluding hydrogens is 671 g/mol. The molecule has 3 aromatic carbocycles. The number of nitrogens with one attached hydrogen (secondary N) is 1. The van der Waals surface area contributed by atoms with Crippen LogP contribution in [0, 0.1) is 0 Å². The van der Waals surface area contributed by atoms with Gasteiger partial charge in [0.2, 0.25) is 0 Å². The quantitative estimate of drug-likeness (QED) is 0.139. The van der Waals surface area contributed by atoms with Crippen LogP contribution in [0.5, 0.6) is 23.0 Å². The molecule has 286 valence electrons. The first kappa shape index (κ1) is 38.8. The second kappa shape index (κ2) is 18.9. The number of allylic oxidation sites excluding steroid dienone is 4. The Morgan fingerprint density at radius 3 is 2.31 bits per heavy atom. The highest BCUT2D eigenvalue weighted by molar-refractivity contribution is 5.71. The standard InChI is InChI=1S/C47H59N3O4/c1-7-8-9-10-13-35(28-34(2)38-30-43(37-16-17-37)47(54-6)46(31-38)53-5)33-50(39-18-20-41(51-3)21-19-39)40-23-26-49(27-24-40)32-36-22-25-48-44(29-36)42-14-11-12-15-45(42)52-4/h9-15,18-22,25,28-31,37,40,44,48H,7-8,16-17,23-24,26-27,32-33H2,1-6H3/b10-9-,34-28+,35-13+. The second-order valence-electron chi connectivity index (χ2n) is 14.7. The third-order valence-electron chi connectivity index (χ3n) is 10.9. The van der Waals surface area contributed by atoms with Crippen molar-refractivity contribution in [2.45, 2.75) is 70.4 Å². The van der Waals surface area contributed by atoms with Gasteiger partial charge in [-0.15, -0.1) is 0 Å². The number of unbranched alkanes of at least 4 members (excludes halogenated alkanes) is 1. The van der Waals surface area contributed by atoms with Crippen molar-refractivity contribution >= 4 is 11.3 Å². The summed E-state index contributed by atoms with van der Waals surface area (Å²) in [6.45, 7) is 8.25. The lowest BCUT2D eigenvalue weighted by molar-refractivity contribution is 0.225. The Bertz CT molecular complexity index is 1840. The lowest BCUT2D eigenvalue weighted by Gasteiger charge is -2.40. The molecule has 0 spiro atoms. The lowest BCUT2D eigenvalue weighted by Crippen LogP contribution is -2.46. The summed E-state index contributed by atoms with van der Waals surface area (Å²) in [5, 5.41) is 3.51. The normalized spacial score (nSPS) is 18.3. The Morgan fingerprint density at radius 2 is 1.63 bits per heavy atom. The molecule has 3 aromatic rings. The van der Waals surface area contributed by atoms with Crippen LogP contribution in [0.4, 0.5) is 5.69 Å². The van der Waals surface area contributed by atoms with Gasteiger partial charge in [-0.1, -0.05) is 61.9 Å². The summed E-state index contributed by atoms with van der Waals surface area (Å²) in [4.78, 5) is 5.22. The maximum atomic E-state index is 5.84. The first-order valence-electron chi connectivity index (χ1n) is 19.6. The highest BCUT2D eigenvalue weighted by Crippen LogP contribution is 2.48. The van der Waals surface area contributed by atoms with Crippen molar-refractivity contribution in [3.8, 4) is 23.0 Å². The number of nitrogens with zero attached hydrogens (tertiary/aromatic N) is 2. The van der Waals surface area contributed by atoms with Crippen LogP contribution >= 0.6 is 0 Å². The Balaban J connectivity index is 1.23. The number of para-hydroxylation sites is 1. The van der Waals surface area contributed by atoms with Gasteiger partial charge >= 0.3 is 0 Å². The summed E-state index contributed by atoms with van der Waals surface area (Å²) >= 11 is 0. The zero-order valence-electron chi connectivity index (χ0n) is 33.1. The molecule has 2 fully saturated rings. The zero-order valence-corrected chi connectivity index (χ0v) is 33.1. The fourth-order valence-electron chi connectivity index (χ4n) is 7.72. The molecular formula is C47H59N3O4. The molecule has 0 aromatic heterocycles. The summed E-state index contributed by atoms with van der Waals surface area (Å²) < 4.78 is 22.9. The summed E-state index contributed by atoms with van der Waals surface area (Å²) in [5.41, 5.74) is 8.62. The summed E-state index contributed by atoms with van der Waals surface area (Å²) in [5.74, 6) is 4.00. The van der Waals surface area contributed by atoms with Gasteiger partial charge < -0.3 is 29.2 Å². The Kier molecular flexibility index (Phi) is 13.6. The van der Waals surface area contributed by atoms with Gasteiger partial charge in [0.1, 0.15) is 11.5 Å². The summed E-state index contributed by atoms with van der Waals surface area (Å²) in [6.07, 6.45) is 22.6. The molecule has 1 atom stereocenters. The van der Waals surface area contributed by atoms with E-state index in [0.29, 0.717) is 12.0 Å². The van der Waals surface area contributed by atoms with E-state index in [4.69, 9.17) is 18.9 Å². The average Bonchev–Trinajstić information content (AvgIpc) is 4.07. The summed E-state index contributed by atoms with van der Waals surface area (Å²) in [6, 6.07) is 21.8. The first-order valence-corrected chi connectivity index (χ1v) is 19.6. The van der Waals surface area contributed by atoms with E-state index in [1.54, 1.807) is 28.4 Å². The molecule has 0 bridgehead atoms. The monoisotopic (exact) mass is 729 g/mol. The minimum Gasteiger partial charge on any atom is -0.497 e. The van der Waals surface area contributed by atoms with Crippen molar-refractivity contribution in [2.75, 3.05) is 59.5 Å². The van der Waals surface area contributed by atoms with Crippen molar-refractivity contribution in [3.05, 3.63) is 131 Å². The van der Waals surface area contributed by atoms with E-state index in [0.717, 1.165) is 80.4 Å². The Hall–Kier alpha value is -4.88. The minimum absolute atomic E-state index is 0.0941. The van der Waals surface area contributed by atoms with Crippen molar-refractivity contribution in [3.63, 3.8) is 0 Å². The van der Waals surface area contributed by atoms with Crippen LogP contribution in [-0.2, 0) is 0 Å². The van der Waals surface area contributed by atoms with Gasteiger partial charge in [-0.3, -0.25) is 4.90 Å². The van der Waals surface area contributed by atoms with Gasteiger partial charge in [0.15, 0.2) is 11.5 Å². The number of hydrogen-bond acceptors (Lipinski definition) is 7. The smallest absolute Gasteiger partial charge is 0.164 e. The number of hydrogen-bond donors (Lipinski definition) is 1. The van der Waals surface area contributed by atoms with E-state index < -0.39 is 0 Å². The van der Waals surface area contributed by atoms with Crippen LogP contribution in [-0.4, -0.2) is 65.6 Å². The molecule has 6 rings (SSSR count). The maximum Gasteiger partial charge on any atom is 0.164 e. The molecule has 1 unspecified atom stereocenters. The topological polar surface area (TPSA) is 55.4 Å². The number of ether oxygens (including phenoxy) is 4. The molecule has 54 heavy (non-hydrogen) atoms. The van der Waals surface area contributed by atoms with Gasteiger partial charge in [0.25, 0.3) is 0 Å². The largest absolute Gasteiger partial charge is 0.497 e. The lowest BCUT2D eigenvalue weighted by atomic mass is 9.97. The molecule has 3 aliphatic rings. The van der Waals surface area contributed by atoms with Crippen LogP contribution in [0.2, 0.25) is 0 Å². The maximum absolute atomic E-state index is 5.84. The SMILES string of the molecule is CCC\C=C/C=C(\C=C(/C)c1cc(OC)c(OC)c(C2CC2)c1)CN(c1ccc(OC)cc1)C1CCN(CC2=CC(c3ccccc3OC)NC=C2)CC1. The third-order valence-corrected chi connectivity index (χ3v) is 10.9. The van der Waals surface area contributed by atoms with Gasteiger partial charge in [-0.2, -0.15) is 0 Å². The van der Waals surface area contributed by atoms with E-state index >= 15 is 0 Å². The van der Waals surface area contributed by atoms with Crippen molar-refractivity contribution < 1.29 is 18.9 Å². The van der Waals surface area contributed by atoms with Crippen LogP contribution in [0.3, 0.4) is 0 Å². The van der Waals surface area contributed by atoms with Crippen LogP contribution in [0.1, 0.15) is 81.0 Å². The van der Waals surface area contributed by atoms with E-state index in [2.05, 4.69) is 120 Å². The second-order valence-corrected chi connectivity index (χ2v) is 14.7. The van der Waals surface area contributed by atoms with Gasteiger partial charge in [-0.05, 0) is 122 Å². The highest BCUT2D eigenvalue weighted by atomic mass is 16.5. The number of dihydropyridines is 1. The number of methoxy groups -OCH3 is 4. The predicted octanol–water partition coefficient (Wildman–Crippen LogP) is 10.0. The molecule has 7 heteroatoms. The number of anilines is 1. The van der Waals surface area contributed by atoms with Crippen LogP contribution in [0.25, 0.3) is 5.57 Å². The molecule has 0 amide bonds. The number of piperidine rings is 1. The first-order chi connectivity index (χ1) is 26.4. The van der Waals surface area contributed by atoms with E-state index in [9.17, 15) is 0 Å². The average molecular weight is 730 g/mol. The van der Waals surface area contributed by atoms with E-state index in [-0.39, 0.29) is 6.04 Å². The highest BCUT2D eigenvalue weighted by Gasteiger charge is 2.30. The van der Waals surface area contributed by atoms with Crippen LogP contribution < -0.4 is 29.2 Å². The predicted molar refractivity (Wildman–Crippen MR) is 223 cm³/mol. The zero-order chi connectivity index (χ0) is 37.9. The van der Waals surface area contributed by atoms with E-state index in [1.807, 2.05) is 12.1 Å². The number of benzene rings is 3. The third kappa shape index (κ3) is 9.80. The molecule has 1 saturated heterocycles. The number of likely N-dealkylation sites (tertiary alicyclic amines) is 1. The molecule has 1 saturated carbocycles.